The van der Waals surface area contributed by atoms with Crippen molar-refractivity contribution in [1.82, 2.24) is 10.8 Å². The number of hydrogen-bond acceptors (Lipinski definition) is 3. The Bertz CT molecular complexity index is 529. The SMILES string of the molecule is CC12CC3CC(C)(C1)CC(NC(=O)CCCCCCCC(=O)NO)(C3)C2. The van der Waals surface area contributed by atoms with Crippen molar-refractivity contribution in [2.45, 2.75) is 103 Å². The van der Waals surface area contributed by atoms with Crippen molar-refractivity contribution in [2.24, 2.45) is 16.7 Å². The molecule has 0 radical (unpaired) electrons. The van der Waals surface area contributed by atoms with Crippen molar-refractivity contribution in [3.05, 3.63) is 0 Å². The smallest absolute Gasteiger partial charge is 0.243 e. The predicted octanol–water partition coefficient (Wildman–Crippen LogP) is 4.09. The Labute approximate surface area is 157 Å². The van der Waals surface area contributed by atoms with Crippen LogP contribution in [-0.2, 0) is 9.59 Å². The van der Waals surface area contributed by atoms with Gasteiger partial charge in [0.05, 0.1) is 0 Å². The zero-order chi connectivity index (χ0) is 18.8. The molecule has 4 aliphatic carbocycles. The largest absolute Gasteiger partial charge is 0.351 e. The Hall–Kier alpha value is -1.10. The Kier molecular flexibility index (Phi) is 5.66. The van der Waals surface area contributed by atoms with Crippen molar-refractivity contribution in [1.29, 1.82) is 0 Å². The second kappa shape index (κ2) is 7.49. The van der Waals surface area contributed by atoms with E-state index >= 15 is 0 Å². The minimum atomic E-state index is -0.317. The summed E-state index contributed by atoms with van der Waals surface area (Å²) < 4.78 is 0. The molecule has 0 aromatic rings. The van der Waals surface area contributed by atoms with Gasteiger partial charge >= 0.3 is 0 Å². The van der Waals surface area contributed by atoms with Gasteiger partial charge in [0, 0.05) is 18.4 Å². The highest BCUT2D eigenvalue weighted by molar-refractivity contribution is 5.77. The van der Waals surface area contributed by atoms with Gasteiger partial charge in [-0.05, 0) is 68.1 Å². The molecule has 26 heavy (non-hydrogen) atoms. The Morgan fingerprint density at radius 3 is 1.92 bits per heavy atom. The summed E-state index contributed by atoms with van der Waals surface area (Å²) in [4.78, 5) is 23.5. The van der Waals surface area contributed by atoms with Crippen molar-refractivity contribution in [3.63, 3.8) is 0 Å². The van der Waals surface area contributed by atoms with Crippen LogP contribution >= 0.6 is 0 Å². The molecule has 5 heteroatoms. The molecule has 0 aromatic carbocycles. The van der Waals surface area contributed by atoms with Crippen LogP contribution in [0.1, 0.15) is 97.3 Å². The number of rotatable bonds is 9. The molecule has 0 saturated heterocycles. The molecule has 3 N–H and O–H groups in total. The highest BCUT2D eigenvalue weighted by atomic mass is 16.5. The van der Waals surface area contributed by atoms with Gasteiger partial charge in [-0.1, -0.05) is 33.1 Å². The van der Waals surface area contributed by atoms with Crippen LogP contribution < -0.4 is 10.8 Å². The summed E-state index contributed by atoms with van der Waals surface area (Å²) in [5.41, 5.74) is 2.59. The summed E-state index contributed by atoms with van der Waals surface area (Å²) in [5, 5.41) is 11.9. The van der Waals surface area contributed by atoms with Crippen LogP contribution in [0.5, 0.6) is 0 Å². The van der Waals surface area contributed by atoms with E-state index in [2.05, 4.69) is 19.2 Å². The van der Waals surface area contributed by atoms with Crippen molar-refractivity contribution in [3.8, 4) is 0 Å². The summed E-state index contributed by atoms with van der Waals surface area (Å²) in [6, 6.07) is 0. The molecule has 2 atom stereocenters. The lowest BCUT2D eigenvalue weighted by Crippen LogP contribution is -2.65. The molecule has 2 unspecified atom stereocenters. The van der Waals surface area contributed by atoms with E-state index in [1.54, 1.807) is 5.48 Å². The van der Waals surface area contributed by atoms with Crippen LogP contribution in [0, 0.1) is 16.7 Å². The maximum Gasteiger partial charge on any atom is 0.243 e. The van der Waals surface area contributed by atoms with Crippen LogP contribution in [0.25, 0.3) is 0 Å². The Balaban J connectivity index is 1.37. The van der Waals surface area contributed by atoms with Crippen LogP contribution in [0.15, 0.2) is 0 Å². The number of unbranched alkanes of at least 4 members (excludes halogenated alkanes) is 4. The number of nitrogens with one attached hydrogen (secondary N) is 2. The molecule has 148 valence electrons. The summed E-state index contributed by atoms with van der Waals surface area (Å²) in [6.45, 7) is 4.88. The van der Waals surface area contributed by atoms with Gasteiger partial charge in [-0.2, -0.15) is 0 Å². The van der Waals surface area contributed by atoms with E-state index in [0.29, 0.717) is 23.7 Å². The first-order chi connectivity index (χ1) is 12.3. The molecule has 5 nitrogen and oxygen atoms in total. The lowest BCUT2D eigenvalue weighted by Gasteiger charge is -2.65. The topological polar surface area (TPSA) is 78.4 Å². The van der Waals surface area contributed by atoms with Gasteiger partial charge in [-0.3, -0.25) is 14.8 Å². The fourth-order valence-electron chi connectivity index (χ4n) is 7.10. The molecule has 4 saturated carbocycles. The van der Waals surface area contributed by atoms with E-state index in [-0.39, 0.29) is 17.4 Å². The number of hydrogen-bond donors (Lipinski definition) is 3. The maximum absolute atomic E-state index is 12.6. The molecule has 2 amide bonds. The molecular weight excluding hydrogens is 328 g/mol. The van der Waals surface area contributed by atoms with E-state index in [0.717, 1.165) is 38.0 Å². The fraction of sp³-hybridized carbons (Fsp3) is 0.905. The van der Waals surface area contributed by atoms with Gasteiger partial charge in [-0.25, -0.2) is 5.48 Å². The maximum atomic E-state index is 12.6. The van der Waals surface area contributed by atoms with E-state index < -0.39 is 0 Å². The molecule has 0 aliphatic heterocycles. The third-order valence-corrected chi connectivity index (χ3v) is 6.96. The van der Waals surface area contributed by atoms with Crippen LogP contribution in [0.3, 0.4) is 0 Å². The third-order valence-electron chi connectivity index (χ3n) is 6.96. The first-order valence-corrected chi connectivity index (χ1v) is 10.5. The van der Waals surface area contributed by atoms with E-state index in [1.807, 2.05) is 0 Å². The molecule has 0 aromatic heterocycles. The van der Waals surface area contributed by atoms with Crippen molar-refractivity contribution < 1.29 is 14.8 Å². The fourth-order valence-corrected chi connectivity index (χ4v) is 7.10. The zero-order valence-corrected chi connectivity index (χ0v) is 16.5. The number of amides is 2. The van der Waals surface area contributed by atoms with E-state index in [4.69, 9.17) is 5.21 Å². The van der Waals surface area contributed by atoms with Gasteiger partial charge in [0.1, 0.15) is 0 Å². The molecule has 4 bridgehead atoms. The Morgan fingerprint density at radius 2 is 1.38 bits per heavy atom. The van der Waals surface area contributed by atoms with Crippen molar-refractivity contribution >= 4 is 11.8 Å². The normalized spacial score (nSPS) is 37.6. The second-order valence-corrected chi connectivity index (χ2v) is 10.3. The standard InChI is InChI=1S/C21H36N2O3/c1-19-10-16-11-20(2,13-19)15-21(12-16,14-19)22-17(24)8-6-4-3-5-7-9-18(25)23-26/h16,26H,3-15H2,1-2H3,(H,22,24)(H,23,25). The second-order valence-electron chi connectivity index (χ2n) is 10.3. The highest BCUT2D eigenvalue weighted by Crippen LogP contribution is 2.66. The van der Waals surface area contributed by atoms with Crippen LogP contribution in [0.2, 0.25) is 0 Å². The average molecular weight is 365 g/mol. The average Bonchev–Trinajstić information content (AvgIpc) is 2.49. The molecular formula is C21H36N2O3. The van der Waals surface area contributed by atoms with Gasteiger partial charge in [-0.15, -0.1) is 0 Å². The van der Waals surface area contributed by atoms with Crippen LogP contribution in [-0.4, -0.2) is 22.6 Å². The summed E-state index contributed by atoms with van der Waals surface area (Å²) >= 11 is 0. The Morgan fingerprint density at radius 1 is 0.846 bits per heavy atom. The predicted molar refractivity (Wildman–Crippen MR) is 101 cm³/mol. The molecule has 4 fully saturated rings. The quantitative estimate of drug-likeness (QED) is 0.328. The van der Waals surface area contributed by atoms with Gasteiger partial charge in [0.2, 0.25) is 11.8 Å². The molecule has 0 spiro atoms. The molecule has 0 heterocycles. The molecule has 4 aliphatic rings. The minimum absolute atomic E-state index is 0.0671. The number of carbonyl (C=O) groups is 2. The van der Waals surface area contributed by atoms with E-state index in [1.165, 1.54) is 38.5 Å². The number of hydroxylamine groups is 1. The highest BCUT2D eigenvalue weighted by Gasteiger charge is 2.60. The number of carbonyl (C=O) groups excluding carboxylic acids is 2. The third kappa shape index (κ3) is 4.59. The minimum Gasteiger partial charge on any atom is -0.351 e. The lowest BCUT2D eigenvalue weighted by atomic mass is 9.43. The zero-order valence-electron chi connectivity index (χ0n) is 16.5. The van der Waals surface area contributed by atoms with Gasteiger partial charge in [0.25, 0.3) is 0 Å². The first kappa shape index (κ1) is 19.7. The first-order valence-electron chi connectivity index (χ1n) is 10.5. The molecule has 4 rings (SSSR count). The summed E-state index contributed by atoms with van der Waals surface area (Å²) in [7, 11) is 0. The van der Waals surface area contributed by atoms with Crippen molar-refractivity contribution in [2.75, 3.05) is 0 Å². The van der Waals surface area contributed by atoms with Crippen LogP contribution in [0.4, 0.5) is 0 Å². The monoisotopic (exact) mass is 364 g/mol. The van der Waals surface area contributed by atoms with Gasteiger partial charge in [0.15, 0.2) is 0 Å². The summed E-state index contributed by atoms with van der Waals surface area (Å²) in [6.07, 6.45) is 13.3. The summed E-state index contributed by atoms with van der Waals surface area (Å²) in [5.74, 6) is 0.721. The lowest BCUT2D eigenvalue weighted by molar-refractivity contribution is -0.139. The van der Waals surface area contributed by atoms with E-state index in [9.17, 15) is 9.59 Å². The van der Waals surface area contributed by atoms with Gasteiger partial charge < -0.3 is 5.32 Å².